The standard InChI is InChI=1S/C8H16O5S2/c1-8(2,3)15(12,13)5-4-14(11)6-7(9)10/h4-6H2,1-3H3,(H,9,10). The molecule has 1 atom stereocenters. The van der Waals surface area contributed by atoms with Gasteiger partial charge in [0.15, 0.2) is 9.84 Å². The summed E-state index contributed by atoms with van der Waals surface area (Å²) in [6, 6.07) is 0. The van der Waals surface area contributed by atoms with Crippen LogP contribution in [0.25, 0.3) is 0 Å². The molecule has 0 amide bonds. The van der Waals surface area contributed by atoms with Crippen molar-refractivity contribution in [2.75, 3.05) is 17.3 Å². The van der Waals surface area contributed by atoms with Crippen LogP contribution in [0.4, 0.5) is 0 Å². The predicted molar refractivity (Wildman–Crippen MR) is 59.1 cm³/mol. The van der Waals surface area contributed by atoms with Crippen LogP contribution in [0.15, 0.2) is 0 Å². The van der Waals surface area contributed by atoms with E-state index in [-0.39, 0.29) is 11.5 Å². The Bertz CT molecular complexity index is 350. The average molecular weight is 256 g/mol. The summed E-state index contributed by atoms with van der Waals surface area (Å²) in [6.07, 6.45) is 0. The quantitative estimate of drug-likeness (QED) is 0.750. The lowest BCUT2D eigenvalue weighted by Crippen LogP contribution is -2.32. The highest BCUT2D eigenvalue weighted by molar-refractivity contribution is 7.94. The number of carboxylic acids is 1. The van der Waals surface area contributed by atoms with Crippen molar-refractivity contribution in [3.63, 3.8) is 0 Å². The molecule has 0 aromatic carbocycles. The van der Waals surface area contributed by atoms with Crippen LogP contribution in [0.3, 0.4) is 0 Å². The Hall–Kier alpha value is -0.430. The Morgan fingerprint density at radius 2 is 1.80 bits per heavy atom. The van der Waals surface area contributed by atoms with Gasteiger partial charge in [-0.3, -0.25) is 9.00 Å². The van der Waals surface area contributed by atoms with Gasteiger partial charge in [0.2, 0.25) is 0 Å². The van der Waals surface area contributed by atoms with Crippen molar-refractivity contribution in [3.8, 4) is 0 Å². The molecule has 1 N–H and O–H groups in total. The molecule has 0 heterocycles. The molecule has 0 fully saturated rings. The molecule has 7 heteroatoms. The minimum Gasteiger partial charge on any atom is -0.481 e. The molecule has 0 aromatic heterocycles. The zero-order chi connectivity index (χ0) is 12.3. The summed E-state index contributed by atoms with van der Waals surface area (Å²) >= 11 is 0. The normalized spacial score (nSPS) is 14.9. The van der Waals surface area contributed by atoms with Gasteiger partial charge in [0.1, 0.15) is 5.75 Å². The number of sulfone groups is 1. The summed E-state index contributed by atoms with van der Waals surface area (Å²) in [6.45, 7) is 4.67. The summed E-state index contributed by atoms with van der Waals surface area (Å²) in [5.74, 6) is -2.04. The summed E-state index contributed by atoms with van der Waals surface area (Å²) < 4.78 is 33.3. The van der Waals surface area contributed by atoms with Gasteiger partial charge in [-0.25, -0.2) is 8.42 Å². The van der Waals surface area contributed by atoms with E-state index in [1.54, 1.807) is 20.8 Å². The number of carboxylic acid groups (broad SMARTS) is 1. The lowest BCUT2D eigenvalue weighted by molar-refractivity contribution is -0.133. The third-order valence-electron chi connectivity index (χ3n) is 1.80. The fourth-order valence-electron chi connectivity index (χ4n) is 0.719. The monoisotopic (exact) mass is 256 g/mol. The molecule has 0 aliphatic carbocycles. The minimum absolute atomic E-state index is 0.119. The van der Waals surface area contributed by atoms with Crippen molar-refractivity contribution in [2.45, 2.75) is 25.5 Å². The highest BCUT2D eigenvalue weighted by Gasteiger charge is 2.29. The molecule has 15 heavy (non-hydrogen) atoms. The van der Waals surface area contributed by atoms with Gasteiger partial charge in [-0.1, -0.05) is 0 Å². The Kier molecular flexibility index (Phi) is 4.92. The molecule has 0 bridgehead atoms. The zero-order valence-electron chi connectivity index (χ0n) is 9.02. The maximum atomic E-state index is 11.6. The number of rotatable bonds is 5. The Morgan fingerprint density at radius 1 is 1.33 bits per heavy atom. The Labute approximate surface area is 92.2 Å². The Morgan fingerprint density at radius 3 is 2.13 bits per heavy atom. The highest BCUT2D eigenvalue weighted by atomic mass is 32.2. The second-order valence-electron chi connectivity index (χ2n) is 4.11. The number of hydrogen-bond donors (Lipinski definition) is 1. The van der Waals surface area contributed by atoms with E-state index >= 15 is 0 Å². The molecule has 90 valence electrons. The molecule has 5 nitrogen and oxygen atoms in total. The fraction of sp³-hybridized carbons (Fsp3) is 0.875. The predicted octanol–water partition coefficient (Wildman–Crippen LogP) is 0.0330. The highest BCUT2D eigenvalue weighted by Crippen LogP contribution is 2.15. The van der Waals surface area contributed by atoms with Gasteiger partial charge in [0.25, 0.3) is 0 Å². The number of hydrogen-bond acceptors (Lipinski definition) is 4. The van der Waals surface area contributed by atoms with Crippen molar-refractivity contribution < 1.29 is 22.5 Å². The van der Waals surface area contributed by atoms with E-state index in [0.717, 1.165) is 0 Å². The first-order chi connectivity index (χ1) is 6.56. The first-order valence-corrected chi connectivity index (χ1v) is 7.49. The summed E-state index contributed by atoms with van der Waals surface area (Å²) in [5.41, 5.74) is 0. The van der Waals surface area contributed by atoms with Crippen LogP contribution in [-0.4, -0.2) is 45.7 Å². The summed E-state index contributed by atoms with van der Waals surface area (Å²) in [5, 5.41) is 8.33. The van der Waals surface area contributed by atoms with Crippen LogP contribution >= 0.6 is 0 Å². The van der Waals surface area contributed by atoms with E-state index in [9.17, 15) is 17.4 Å². The van der Waals surface area contributed by atoms with Crippen LogP contribution in [0.2, 0.25) is 0 Å². The van der Waals surface area contributed by atoms with Crippen LogP contribution < -0.4 is 0 Å². The van der Waals surface area contributed by atoms with Crippen LogP contribution in [0.5, 0.6) is 0 Å². The van der Waals surface area contributed by atoms with Gasteiger partial charge in [0, 0.05) is 16.6 Å². The molecule has 1 unspecified atom stereocenters. The van der Waals surface area contributed by atoms with E-state index in [1.165, 1.54) is 0 Å². The number of aliphatic carboxylic acids is 1. The molecular formula is C8H16O5S2. The third-order valence-corrected chi connectivity index (χ3v) is 5.89. The van der Waals surface area contributed by atoms with E-state index in [2.05, 4.69) is 0 Å². The molecule has 0 aliphatic heterocycles. The maximum absolute atomic E-state index is 11.6. The number of carbonyl (C=O) groups is 1. The molecule has 0 rings (SSSR count). The first-order valence-electron chi connectivity index (χ1n) is 4.35. The molecule has 0 spiro atoms. The smallest absolute Gasteiger partial charge is 0.316 e. The third kappa shape index (κ3) is 5.27. The van der Waals surface area contributed by atoms with E-state index in [0.29, 0.717) is 0 Å². The van der Waals surface area contributed by atoms with Gasteiger partial charge in [-0.15, -0.1) is 0 Å². The van der Waals surface area contributed by atoms with Gasteiger partial charge in [0.05, 0.1) is 10.5 Å². The van der Waals surface area contributed by atoms with Crippen molar-refractivity contribution >= 4 is 26.6 Å². The lowest BCUT2D eigenvalue weighted by Gasteiger charge is -2.18. The van der Waals surface area contributed by atoms with Gasteiger partial charge >= 0.3 is 5.97 Å². The molecular weight excluding hydrogens is 240 g/mol. The zero-order valence-corrected chi connectivity index (χ0v) is 10.7. The van der Waals surface area contributed by atoms with Crippen molar-refractivity contribution in [1.82, 2.24) is 0 Å². The van der Waals surface area contributed by atoms with E-state index < -0.39 is 37.1 Å². The molecule has 0 aromatic rings. The fourth-order valence-corrected chi connectivity index (χ4v) is 3.37. The van der Waals surface area contributed by atoms with Crippen molar-refractivity contribution in [3.05, 3.63) is 0 Å². The average Bonchev–Trinajstić information content (AvgIpc) is 1.97. The van der Waals surface area contributed by atoms with Crippen LogP contribution in [0, 0.1) is 0 Å². The Balaban J connectivity index is 4.30. The van der Waals surface area contributed by atoms with E-state index in [4.69, 9.17) is 5.11 Å². The summed E-state index contributed by atoms with van der Waals surface area (Å²) in [4.78, 5) is 10.2. The second kappa shape index (κ2) is 5.07. The van der Waals surface area contributed by atoms with E-state index in [1.807, 2.05) is 0 Å². The maximum Gasteiger partial charge on any atom is 0.316 e. The summed E-state index contributed by atoms with van der Waals surface area (Å²) in [7, 11) is -4.92. The topological polar surface area (TPSA) is 88.5 Å². The molecule has 0 saturated carbocycles. The largest absolute Gasteiger partial charge is 0.481 e. The van der Waals surface area contributed by atoms with Gasteiger partial charge in [-0.2, -0.15) is 0 Å². The SMILES string of the molecule is CC(C)(C)S(=O)(=O)CCS(=O)CC(=O)O. The molecule has 0 saturated heterocycles. The van der Waals surface area contributed by atoms with Crippen molar-refractivity contribution in [1.29, 1.82) is 0 Å². The molecule has 0 aliphatic rings. The molecule has 0 radical (unpaired) electrons. The van der Waals surface area contributed by atoms with Crippen LogP contribution in [0.1, 0.15) is 20.8 Å². The lowest BCUT2D eigenvalue weighted by atomic mass is 10.3. The van der Waals surface area contributed by atoms with Gasteiger partial charge < -0.3 is 5.11 Å². The first kappa shape index (κ1) is 14.6. The minimum atomic E-state index is -3.31. The van der Waals surface area contributed by atoms with Gasteiger partial charge in [-0.05, 0) is 20.8 Å². The van der Waals surface area contributed by atoms with Crippen LogP contribution in [-0.2, 0) is 25.4 Å². The second-order valence-corrected chi connectivity index (χ2v) is 8.55. The van der Waals surface area contributed by atoms with Crippen molar-refractivity contribution in [2.24, 2.45) is 0 Å².